The van der Waals surface area contributed by atoms with Crippen LogP contribution in [0.3, 0.4) is 0 Å². The van der Waals surface area contributed by atoms with Crippen molar-refractivity contribution >= 4 is 10.0 Å². The van der Waals surface area contributed by atoms with Crippen LogP contribution in [0.5, 0.6) is 0 Å². The summed E-state index contributed by atoms with van der Waals surface area (Å²) in [6.45, 7) is 3.41. The van der Waals surface area contributed by atoms with Gasteiger partial charge in [0.15, 0.2) is 0 Å². The molecule has 1 atom stereocenters. The van der Waals surface area contributed by atoms with Crippen LogP contribution in [0.1, 0.15) is 30.1 Å². The highest BCUT2D eigenvalue weighted by Crippen LogP contribution is 2.17. The maximum absolute atomic E-state index is 12.2. The molecular formula is C14H17N3O3S. The fourth-order valence-corrected chi connectivity index (χ4v) is 2.85. The summed E-state index contributed by atoms with van der Waals surface area (Å²) in [6, 6.07) is 7.88. The zero-order chi connectivity index (χ0) is 15.5. The fourth-order valence-electron chi connectivity index (χ4n) is 1.80. The highest BCUT2D eigenvalue weighted by atomic mass is 32.2. The molecule has 1 aromatic heterocycles. The van der Waals surface area contributed by atoms with E-state index in [0.29, 0.717) is 17.1 Å². The van der Waals surface area contributed by atoms with E-state index in [1.165, 1.54) is 12.1 Å². The number of sulfonamides is 1. The number of aryl methyl sites for hydroxylation is 1. The number of benzene rings is 1. The van der Waals surface area contributed by atoms with E-state index >= 15 is 0 Å². The van der Waals surface area contributed by atoms with E-state index < -0.39 is 16.1 Å². The number of nitrogens with zero attached hydrogens (tertiary/aromatic N) is 2. The molecule has 0 bridgehead atoms. The fraction of sp³-hybridized carbons (Fsp3) is 0.286. The van der Waals surface area contributed by atoms with Gasteiger partial charge in [0.25, 0.3) is 0 Å². The lowest BCUT2D eigenvalue weighted by Crippen LogP contribution is -2.24. The third-order valence-corrected chi connectivity index (χ3v) is 4.33. The summed E-state index contributed by atoms with van der Waals surface area (Å²) < 4.78 is 26.9. The van der Waals surface area contributed by atoms with Gasteiger partial charge in [-0.25, -0.2) is 23.1 Å². The van der Waals surface area contributed by atoms with Crippen LogP contribution in [0, 0.1) is 6.92 Å². The Morgan fingerprint density at radius 1 is 1.33 bits per heavy atom. The van der Waals surface area contributed by atoms with Crippen LogP contribution in [-0.2, 0) is 16.6 Å². The second-order valence-electron chi connectivity index (χ2n) is 4.67. The SMILES string of the molecule is Cc1nccc(CNS(=O)(=O)c2cccc(C(C)O)c2)n1. The summed E-state index contributed by atoms with van der Waals surface area (Å²) in [5.74, 6) is 0.586. The van der Waals surface area contributed by atoms with Gasteiger partial charge in [0.2, 0.25) is 10.0 Å². The van der Waals surface area contributed by atoms with E-state index in [-0.39, 0.29) is 11.4 Å². The summed E-state index contributed by atoms with van der Waals surface area (Å²) in [4.78, 5) is 8.21. The maximum atomic E-state index is 12.2. The van der Waals surface area contributed by atoms with Crippen LogP contribution in [-0.4, -0.2) is 23.5 Å². The van der Waals surface area contributed by atoms with Gasteiger partial charge < -0.3 is 5.11 Å². The van der Waals surface area contributed by atoms with Crippen molar-refractivity contribution in [3.8, 4) is 0 Å². The Morgan fingerprint density at radius 3 is 2.76 bits per heavy atom. The largest absolute Gasteiger partial charge is 0.389 e. The van der Waals surface area contributed by atoms with Crippen LogP contribution in [0.4, 0.5) is 0 Å². The smallest absolute Gasteiger partial charge is 0.240 e. The van der Waals surface area contributed by atoms with E-state index in [4.69, 9.17) is 0 Å². The average Bonchev–Trinajstić information content (AvgIpc) is 2.45. The number of hydrogen-bond donors (Lipinski definition) is 2. The Bertz CT molecular complexity index is 730. The third-order valence-electron chi connectivity index (χ3n) is 2.93. The molecule has 1 aromatic carbocycles. The van der Waals surface area contributed by atoms with Gasteiger partial charge in [0.05, 0.1) is 23.2 Å². The molecule has 0 spiro atoms. The molecule has 21 heavy (non-hydrogen) atoms. The van der Waals surface area contributed by atoms with Crippen molar-refractivity contribution in [3.63, 3.8) is 0 Å². The first kappa shape index (κ1) is 15.6. The summed E-state index contributed by atoms with van der Waals surface area (Å²) in [6.07, 6.45) is 0.865. The van der Waals surface area contributed by atoms with Crippen molar-refractivity contribution in [1.29, 1.82) is 0 Å². The molecule has 7 heteroatoms. The molecule has 1 heterocycles. The van der Waals surface area contributed by atoms with E-state index in [0.717, 1.165) is 0 Å². The van der Waals surface area contributed by atoms with Crippen LogP contribution in [0.2, 0.25) is 0 Å². The van der Waals surface area contributed by atoms with Crippen molar-refractivity contribution in [2.75, 3.05) is 0 Å². The van der Waals surface area contributed by atoms with Crippen LogP contribution in [0.25, 0.3) is 0 Å². The number of hydrogen-bond acceptors (Lipinski definition) is 5. The normalized spacial score (nSPS) is 13.1. The van der Waals surface area contributed by atoms with Crippen molar-refractivity contribution in [3.05, 3.63) is 53.6 Å². The zero-order valence-electron chi connectivity index (χ0n) is 11.8. The summed E-state index contributed by atoms with van der Waals surface area (Å²) >= 11 is 0. The Hall–Kier alpha value is -1.83. The third kappa shape index (κ3) is 4.07. The highest BCUT2D eigenvalue weighted by Gasteiger charge is 2.15. The minimum Gasteiger partial charge on any atom is -0.389 e. The summed E-state index contributed by atoms with van der Waals surface area (Å²) in [5, 5.41) is 9.52. The minimum absolute atomic E-state index is 0.0879. The van der Waals surface area contributed by atoms with Gasteiger partial charge in [-0.05, 0) is 37.6 Å². The van der Waals surface area contributed by atoms with Gasteiger partial charge in [-0.15, -0.1) is 0 Å². The maximum Gasteiger partial charge on any atom is 0.240 e. The first-order valence-corrected chi connectivity index (χ1v) is 7.93. The van der Waals surface area contributed by atoms with Crippen molar-refractivity contribution in [2.24, 2.45) is 0 Å². The van der Waals surface area contributed by atoms with E-state index in [2.05, 4.69) is 14.7 Å². The molecule has 0 saturated heterocycles. The lowest BCUT2D eigenvalue weighted by molar-refractivity contribution is 0.199. The molecule has 1 unspecified atom stereocenters. The Kier molecular flexibility index (Phi) is 4.66. The molecule has 0 aliphatic heterocycles. The van der Waals surface area contributed by atoms with Crippen LogP contribution in [0.15, 0.2) is 41.4 Å². The van der Waals surface area contributed by atoms with E-state index in [1.807, 2.05) is 0 Å². The molecule has 0 aliphatic rings. The highest BCUT2D eigenvalue weighted by molar-refractivity contribution is 7.89. The van der Waals surface area contributed by atoms with Gasteiger partial charge in [0.1, 0.15) is 5.82 Å². The van der Waals surface area contributed by atoms with Crippen molar-refractivity contribution < 1.29 is 13.5 Å². The number of rotatable bonds is 5. The van der Waals surface area contributed by atoms with Crippen LogP contribution >= 0.6 is 0 Å². The van der Waals surface area contributed by atoms with Gasteiger partial charge in [-0.2, -0.15) is 0 Å². The number of aliphatic hydroxyl groups is 1. The summed E-state index contributed by atoms with van der Waals surface area (Å²) in [7, 11) is -3.65. The topological polar surface area (TPSA) is 92.2 Å². The standard InChI is InChI=1S/C14H17N3O3S/c1-10(18)12-4-3-5-14(8-12)21(19,20)16-9-13-6-7-15-11(2)17-13/h3-8,10,16,18H,9H2,1-2H3. The Morgan fingerprint density at radius 2 is 2.10 bits per heavy atom. The van der Waals surface area contributed by atoms with Gasteiger partial charge in [0, 0.05) is 6.20 Å². The lowest BCUT2D eigenvalue weighted by Gasteiger charge is -2.09. The molecule has 0 fully saturated rings. The molecule has 0 amide bonds. The number of aliphatic hydroxyl groups excluding tert-OH is 1. The molecular weight excluding hydrogens is 290 g/mol. The lowest BCUT2D eigenvalue weighted by atomic mass is 10.1. The Labute approximate surface area is 123 Å². The van der Waals surface area contributed by atoms with Crippen molar-refractivity contribution in [1.82, 2.24) is 14.7 Å². The molecule has 6 nitrogen and oxygen atoms in total. The first-order valence-electron chi connectivity index (χ1n) is 6.45. The number of nitrogens with one attached hydrogen (secondary N) is 1. The van der Waals surface area contributed by atoms with E-state index in [9.17, 15) is 13.5 Å². The molecule has 0 aliphatic carbocycles. The Balaban J connectivity index is 2.17. The first-order chi connectivity index (χ1) is 9.88. The summed E-state index contributed by atoms with van der Waals surface area (Å²) in [5.41, 5.74) is 1.15. The molecule has 0 radical (unpaired) electrons. The quantitative estimate of drug-likeness (QED) is 0.869. The predicted octanol–water partition coefficient (Wildman–Crippen LogP) is 1.32. The average molecular weight is 307 g/mol. The molecule has 2 rings (SSSR count). The molecule has 0 saturated carbocycles. The molecule has 2 N–H and O–H groups in total. The van der Waals surface area contributed by atoms with Gasteiger partial charge >= 0.3 is 0 Å². The minimum atomic E-state index is -3.65. The van der Waals surface area contributed by atoms with Crippen molar-refractivity contribution in [2.45, 2.75) is 31.4 Å². The van der Waals surface area contributed by atoms with E-state index in [1.54, 1.807) is 38.2 Å². The van der Waals surface area contributed by atoms with Gasteiger partial charge in [-0.3, -0.25) is 0 Å². The predicted molar refractivity (Wildman–Crippen MR) is 77.9 cm³/mol. The number of aromatic nitrogens is 2. The van der Waals surface area contributed by atoms with Crippen LogP contribution < -0.4 is 4.72 Å². The zero-order valence-corrected chi connectivity index (χ0v) is 12.6. The molecule has 112 valence electrons. The molecule has 2 aromatic rings. The second kappa shape index (κ2) is 6.30. The van der Waals surface area contributed by atoms with Gasteiger partial charge in [-0.1, -0.05) is 12.1 Å². The second-order valence-corrected chi connectivity index (χ2v) is 6.44. The monoisotopic (exact) mass is 307 g/mol.